The van der Waals surface area contributed by atoms with Crippen molar-refractivity contribution in [3.63, 3.8) is 0 Å². The van der Waals surface area contributed by atoms with Crippen LogP contribution in [0.2, 0.25) is 0 Å². The molecule has 0 saturated carbocycles. The number of allylic oxidation sites excluding steroid dienone is 1. The summed E-state index contributed by atoms with van der Waals surface area (Å²) in [4.78, 5) is 26.8. The van der Waals surface area contributed by atoms with Crippen molar-refractivity contribution in [3.05, 3.63) is 11.6 Å². The van der Waals surface area contributed by atoms with Crippen molar-refractivity contribution < 1.29 is 14.3 Å². The van der Waals surface area contributed by atoms with Crippen LogP contribution in [0.25, 0.3) is 0 Å². The van der Waals surface area contributed by atoms with E-state index in [1.807, 2.05) is 25.7 Å². The molecule has 3 atom stereocenters. The van der Waals surface area contributed by atoms with Gasteiger partial charge in [0.2, 0.25) is 5.91 Å². The van der Waals surface area contributed by atoms with Crippen LogP contribution in [-0.4, -0.2) is 40.6 Å². The first-order valence-electron chi connectivity index (χ1n) is 8.16. The molecule has 1 fully saturated rings. The van der Waals surface area contributed by atoms with Crippen molar-refractivity contribution in [1.82, 2.24) is 10.2 Å². The fourth-order valence-corrected chi connectivity index (χ4v) is 3.23. The lowest BCUT2D eigenvalue weighted by molar-refractivity contribution is -0.135. The molecule has 2 amide bonds. The zero-order valence-electron chi connectivity index (χ0n) is 14.3. The summed E-state index contributed by atoms with van der Waals surface area (Å²) in [5.74, 6) is 0.0182. The van der Waals surface area contributed by atoms with E-state index < -0.39 is 17.7 Å². The van der Waals surface area contributed by atoms with Gasteiger partial charge in [-0.3, -0.25) is 4.79 Å². The Kier molecular flexibility index (Phi) is 4.83. The Balaban J connectivity index is 2.12. The average Bonchev–Trinajstić information content (AvgIpc) is 2.71. The quantitative estimate of drug-likeness (QED) is 0.758. The van der Waals surface area contributed by atoms with Gasteiger partial charge in [0.25, 0.3) is 0 Å². The number of fused-ring (bicyclic) bond motifs is 1. The topological polar surface area (TPSA) is 58.6 Å². The van der Waals surface area contributed by atoms with Gasteiger partial charge in [-0.15, -0.1) is 0 Å². The van der Waals surface area contributed by atoms with Gasteiger partial charge in [0.15, 0.2) is 0 Å². The molecule has 0 bridgehead atoms. The van der Waals surface area contributed by atoms with E-state index in [-0.39, 0.29) is 18.0 Å². The van der Waals surface area contributed by atoms with Crippen molar-refractivity contribution in [3.8, 4) is 0 Å². The molecular weight excluding hydrogens is 280 g/mol. The van der Waals surface area contributed by atoms with Gasteiger partial charge in [-0.05, 0) is 60.3 Å². The first kappa shape index (κ1) is 16.8. The van der Waals surface area contributed by atoms with Gasteiger partial charge in [-0.1, -0.05) is 11.6 Å². The minimum atomic E-state index is -0.561. The third kappa shape index (κ3) is 4.02. The predicted octanol–water partition coefficient (Wildman–Crippen LogP) is 3.00. The summed E-state index contributed by atoms with van der Waals surface area (Å²) < 4.78 is 5.29. The first-order chi connectivity index (χ1) is 10.2. The molecule has 0 radical (unpaired) electrons. The monoisotopic (exact) mass is 308 g/mol. The lowest BCUT2D eigenvalue weighted by Gasteiger charge is -2.33. The van der Waals surface area contributed by atoms with Crippen LogP contribution in [0, 0.1) is 0 Å². The van der Waals surface area contributed by atoms with Crippen molar-refractivity contribution in [1.29, 1.82) is 0 Å². The first-order valence-corrected chi connectivity index (χ1v) is 8.16. The van der Waals surface area contributed by atoms with Gasteiger partial charge in [-0.25, -0.2) is 4.79 Å². The summed E-state index contributed by atoms with van der Waals surface area (Å²) in [7, 11) is 0. The maximum atomic E-state index is 12.8. The standard InChI is InChI=1S/C17H28N2O3/c1-11-6-9-14(18-16(21)22-17(3,4)5)15(20)19-12(2)7-8-13(19)10-11/h10,12-14H,6-9H2,1-5H3,(H,18,21)/b11-10-/t12-,13-,14+/m1/s1. The molecule has 0 spiro atoms. The number of carbonyl (C=O) groups excluding carboxylic acids is 2. The third-order valence-corrected chi connectivity index (χ3v) is 4.26. The summed E-state index contributed by atoms with van der Waals surface area (Å²) in [6.45, 7) is 9.63. The molecule has 5 nitrogen and oxygen atoms in total. The lowest BCUT2D eigenvalue weighted by atomic mass is 9.99. The van der Waals surface area contributed by atoms with Crippen LogP contribution in [0.1, 0.15) is 60.3 Å². The maximum Gasteiger partial charge on any atom is 0.408 e. The smallest absolute Gasteiger partial charge is 0.408 e. The molecule has 0 aromatic heterocycles. The molecule has 22 heavy (non-hydrogen) atoms. The van der Waals surface area contributed by atoms with Gasteiger partial charge in [-0.2, -0.15) is 0 Å². The van der Waals surface area contributed by atoms with Crippen molar-refractivity contribution in [2.24, 2.45) is 0 Å². The molecule has 1 N–H and O–H groups in total. The van der Waals surface area contributed by atoms with Crippen LogP contribution in [0.15, 0.2) is 11.6 Å². The lowest BCUT2D eigenvalue weighted by Crippen LogP contribution is -2.53. The highest BCUT2D eigenvalue weighted by Gasteiger charge is 2.38. The molecule has 0 aromatic carbocycles. The number of hydrogen-bond acceptors (Lipinski definition) is 3. The minimum absolute atomic E-state index is 0.0182. The highest BCUT2D eigenvalue weighted by Crippen LogP contribution is 2.29. The SMILES string of the molecule is C/C1=C/[C@H]2CC[C@@H](C)N2C(=O)[C@@H](NC(=O)OC(C)(C)C)CC1. The fraction of sp³-hybridized carbons (Fsp3) is 0.765. The van der Waals surface area contributed by atoms with Crippen LogP contribution in [0.5, 0.6) is 0 Å². The molecule has 0 aliphatic carbocycles. The number of amides is 2. The summed E-state index contributed by atoms with van der Waals surface area (Å²) in [5.41, 5.74) is 0.723. The Labute approximate surface area is 133 Å². The number of nitrogens with zero attached hydrogens (tertiary/aromatic N) is 1. The van der Waals surface area contributed by atoms with Crippen molar-refractivity contribution in [2.75, 3.05) is 0 Å². The van der Waals surface area contributed by atoms with Gasteiger partial charge in [0.1, 0.15) is 11.6 Å². The zero-order chi connectivity index (χ0) is 16.5. The molecule has 2 aliphatic heterocycles. The number of nitrogens with one attached hydrogen (secondary N) is 1. The van der Waals surface area contributed by atoms with Crippen LogP contribution >= 0.6 is 0 Å². The van der Waals surface area contributed by atoms with Crippen LogP contribution < -0.4 is 5.32 Å². The predicted molar refractivity (Wildman–Crippen MR) is 85.5 cm³/mol. The number of alkyl carbamates (subject to hydrolysis) is 1. The van der Waals surface area contributed by atoms with E-state index in [1.54, 1.807) is 0 Å². The number of hydrogen-bond donors (Lipinski definition) is 1. The van der Waals surface area contributed by atoms with E-state index in [0.717, 1.165) is 19.3 Å². The molecule has 1 saturated heterocycles. The molecule has 2 heterocycles. The Morgan fingerprint density at radius 1 is 1.32 bits per heavy atom. The van der Waals surface area contributed by atoms with E-state index in [4.69, 9.17) is 4.74 Å². The molecule has 2 aliphatic rings. The second-order valence-corrected chi connectivity index (χ2v) is 7.49. The minimum Gasteiger partial charge on any atom is -0.444 e. The second-order valence-electron chi connectivity index (χ2n) is 7.49. The Bertz CT molecular complexity index is 479. The maximum absolute atomic E-state index is 12.8. The van der Waals surface area contributed by atoms with Crippen LogP contribution in [0.4, 0.5) is 4.79 Å². The molecule has 124 valence electrons. The van der Waals surface area contributed by atoms with Gasteiger partial charge < -0.3 is 15.0 Å². The highest BCUT2D eigenvalue weighted by atomic mass is 16.6. The highest BCUT2D eigenvalue weighted by molar-refractivity contribution is 5.86. The van der Waals surface area contributed by atoms with Crippen molar-refractivity contribution in [2.45, 2.75) is 84.0 Å². The van der Waals surface area contributed by atoms with E-state index in [2.05, 4.69) is 25.2 Å². The Morgan fingerprint density at radius 3 is 2.64 bits per heavy atom. The van der Waals surface area contributed by atoms with Crippen molar-refractivity contribution >= 4 is 12.0 Å². The van der Waals surface area contributed by atoms with E-state index in [0.29, 0.717) is 6.42 Å². The molecular formula is C17H28N2O3. The normalized spacial score (nSPS) is 31.7. The van der Waals surface area contributed by atoms with E-state index >= 15 is 0 Å². The summed E-state index contributed by atoms with van der Waals surface area (Å²) in [6, 6.07) is -0.102. The molecule has 5 heteroatoms. The number of carbonyl (C=O) groups is 2. The van der Waals surface area contributed by atoms with Gasteiger partial charge in [0.05, 0.1) is 6.04 Å². The van der Waals surface area contributed by atoms with Crippen LogP contribution in [0.3, 0.4) is 0 Å². The summed E-state index contributed by atoms with van der Waals surface area (Å²) >= 11 is 0. The fourth-order valence-electron chi connectivity index (χ4n) is 3.23. The molecule has 0 unspecified atom stereocenters. The third-order valence-electron chi connectivity index (χ3n) is 4.26. The van der Waals surface area contributed by atoms with E-state index in [1.165, 1.54) is 5.57 Å². The average molecular weight is 308 g/mol. The number of rotatable bonds is 1. The zero-order valence-corrected chi connectivity index (χ0v) is 14.3. The van der Waals surface area contributed by atoms with E-state index in [9.17, 15) is 9.59 Å². The largest absolute Gasteiger partial charge is 0.444 e. The Morgan fingerprint density at radius 2 is 2.00 bits per heavy atom. The Hall–Kier alpha value is -1.52. The second kappa shape index (κ2) is 6.31. The van der Waals surface area contributed by atoms with Gasteiger partial charge >= 0.3 is 6.09 Å². The van der Waals surface area contributed by atoms with Crippen LogP contribution in [-0.2, 0) is 9.53 Å². The number of ether oxygens (including phenoxy) is 1. The summed E-state index contributed by atoms with van der Waals surface area (Å²) in [6.07, 6.45) is 5.16. The molecule has 0 aromatic rings. The summed E-state index contributed by atoms with van der Waals surface area (Å²) in [5, 5.41) is 2.77. The molecule has 2 rings (SSSR count). The van der Waals surface area contributed by atoms with Gasteiger partial charge in [0, 0.05) is 6.04 Å².